The molecule has 0 radical (unpaired) electrons. The van der Waals surface area contributed by atoms with Gasteiger partial charge in [-0.25, -0.2) is 0 Å². The standard InChI is InChI=1S/C16H24/c1-6-9-14(7-2)15-11-8-10-13(5)16(15)12(3)4/h6-9,11-13H,10H2,1-5H3/b9-6-,14-7+. The van der Waals surface area contributed by atoms with Gasteiger partial charge >= 0.3 is 0 Å². The third kappa shape index (κ3) is 2.75. The summed E-state index contributed by atoms with van der Waals surface area (Å²) in [5.74, 6) is 1.32. The fourth-order valence-corrected chi connectivity index (χ4v) is 2.54. The van der Waals surface area contributed by atoms with Gasteiger partial charge < -0.3 is 0 Å². The first kappa shape index (κ1) is 13.0. The van der Waals surface area contributed by atoms with Crippen LogP contribution in [0.2, 0.25) is 0 Å². The second-order valence-electron chi connectivity index (χ2n) is 4.81. The molecule has 0 N–H and O–H groups in total. The highest BCUT2D eigenvalue weighted by atomic mass is 14.2. The van der Waals surface area contributed by atoms with Gasteiger partial charge in [-0.15, -0.1) is 0 Å². The Bertz CT molecular complexity index is 348. The molecular weight excluding hydrogens is 192 g/mol. The van der Waals surface area contributed by atoms with Gasteiger partial charge in [0.1, 0.15) is 0 Å². The Morgan fingerprint density at radius 3 is 2.56 bits per heavy atom. The quantitative estimate of drug-likeness (QED) is 0.579. The van der Waals surface area contributed by atoms with Gasteiger partial charge in [0.2, 0.25) is 0 Å². The largest absolute Gasteiger partial charge is 0.0871 e. The van der Waals surface area contributed by atoms with E-state index in [-0.39, 0.29) is 0 Å². The lowest BCUT2D eigenvalue weighted by molar-refractivity contribution is 0.577. The van der Waals surface area contributed by atoms with Crippen LogP contribution in [0.15, 0.2) is 47.1 Å². The number of hydrogen-bond acceptors (Lipinski definition) is 0. The molecule has 88 valence electrons. The van der Waals surface area contributed by atoms with Crippen LogP contribution >= 0.6 is 0 Å². The minimum absolute atomic E-state index is 0.634. The summed E-state index contributed by atoms with van der Waals surface area (Å²) in [5.41, 5.74) is 4.40. The van der Waals surface area contributed by atoms with Crippen molar-refractivity contribution in [2.75, 3.05) is 0 Å². The van der Waals surface area contributed by atoms with E-state index in [1.165, 1.54) is 17.6 Å². The van der Waals surface area contributed by atoms with Crippen LogP contribution in [0, 0.1) is 11.8 Å². The van der Waals surface area contributed by atoms with Crippen molar-refractivity contribution in [3.8, 4) is 0 Å². The van der Waals surface area contributed by atoms with Gasteiger partial charge in [0.15, 0.2) is 0 Å². The summed E-state index contributed by atoms with van der Waals surface area (Å²) in [4.78, 5) is 0. The Labute approximate surface area is 100 Å². The van der Waals surface area contributed by atoms with E-state index in [0.29, 0.717) is 11.8 Å². The summed E-state index contributed by atoms with van der Waals surface area (Å²) in [5, 5.41) is 0. The number of allylic oxidation sites excluding steroid dienone is 8. The van der Waals surface area contributed by atoms with Gasteiger partial charge in [-0.3, -0.25) is 0 Å². The first-order valence-corrected chi connectivity index (χ1v) is 6.31. The molecule has 0 aromatic carbocycles. The summed E-state index contributed by atoms with van der Waals surface area (Å²) < 4.78 is 0. The zero-order valence-electron chi connectivity index (χ0n) is 11.2. The summed E-state index contributed by atoms with van der Waals surface area (Å²) >= 11 is 0. The van der Waals surface area contributed by atoms with E-state index < -0.39 is 0 Å². The van der Waals surface area contributed by atoms with Crippen molar-refractivity contribution in [1.29, 1.82) is 0 Å². The summed E-state index contributed by atoms with van der Waals surface area (Å²) in [6.45, 7) is 11.1. The molecule has 1 rings (SSSR count). The Hall–Kier alpha value is -1.04. The lowest BCUT2D eigenvalue weighted by atomic mass is 9.79. The second kappa shape index (κ2) is 5.89. The van der Waals surface area contributed by atoms with E-state index in [2.05, 4.69) is 65.0 Å². The van der Waals surface area contributed by atoms with Crippen molar-refractivity contribution in [3.63, 3.8) is 0 Å². The van der Waals surface area contributed by atoms with E-state index in [4.69, 9.17) is 0 Å². The molecule has 0 aromatic heterocycles. The maximum atomic E-state index is 2.34. The number of rotatable bonds is 3. The molecule has 0 fully saturated rings. The molecule has 1 atom stereocenters. The Morgan fingerprint density at radius 1 is 1.38 bits per heavy atom. The molecule has 1 aliphatic rings. The first-order valence-electron chi connectivity index (χ1n) is 6.31. The zero-order valence-corrected chi connectivity index (χ0v) is 11.2. The average Bonchev–Trinajstić information content (AvgIpc) is 2.25. The fourth-order valence-electron chi connectivity index (χ4n) is 2.54. The van der Waals surface area contributed by atoms with Gasteiger partial charge in [-0.05, 0) is 43.3 Å². The maximum absolute atomic E-state index is 2.34. The van der Waals surface area contributed by atoms with Crippen LogP contribution in [0.3, 0.4) is 0 Å². The van der Waals surface area contributed by atoms with Crippen molar-refractivity contribution in [2.24, 2.45) is 11.8 Å². The molecule has 1 unspecified atom stereocenters. The second-order valence-corrected chi connectivity index (χ2v) is 4.81. The normalized spacial score (nSPS) is 22.6. The predicted octanol–water partition coefficient (Wildman–Crippen LogP) is 5.06. The highest BCUT2D eigenvalue weighted by Gasteiger charge is 2.19. The Balaban J connectivity index is 3.24. The molecule has 0 aromatic rings. The third-order valence-electron chi connectivity index (χ3n) is 3.21. The van der Waals surface area contributed by atoms with Crippen molar-refractivity contribution in [2.45, 2.75) is 41.0 Å². The van der Waals surface area contributed by atoms with Crippen molar-refractivity contribution in [1.82, 2.24) is 0 Å². The predicted molar refractivity (Wildman–Crippen MR) is 73.4 cm³/mol. The van der Waals surface area contributed by atoms with Crippen LogP contribution in [0.5, 0.6) is 0 Å². The van der Waals surface area contributed by atoms with Crippen LogP contribution in [0.1, 0.15) is 41.0 Å². The van der Waals surface area contributed by atoms with E-state index >= 15 is 0 Å². The summed E-state index contributed by atoms with van der Waals surface area (Å²) in [6.07, 6.45) is 12.3. The monoisotopic (exact) mass is 216 g/mol. The van der Waals surface area contributed by atoms with Crippen LogP contribution in [-0.2, 0) is 0 Å². The molecule has 0 amide bonds. The molecule has 1 aliphatic carbocycles. The number of hydrogen-bond donors (Lipinski definition) is 0. The van der Waals surface area contributed by atoms with Crippen LogP contribution in [-0.4, -0.2) is 0 Å². The van der Waals surface area contributed by atoms with Crippen molar-refractivity contribution < 1.29 is 0 Å². The minimum Gasteiger partial charge on any atom is -0.0871 e. The maximum Gasteiger partial charge on any atom is -0.0185 e. The highest BCUT2D eigenvalue weighted by Crippen LogP contribution is 2.34. The van der Waals surface area contributed by atoms with Crippen molar-refractivity contribution >= 4 is 0 Å². The van der Waals surface area contributed by atoms with Crippen molar-refractivity contribution in [3.05, 3.63) is 47.1 Å². The molecule has 0 aliphatic heterocycles. The van der Waals surface area contributed by atoms with E-state index in [1.54, 1.807) is 5.57 Å². The molecule has 0 saturated heterocycles. The van der Waals surface area contributed by atoms with Gasteiger partial charge in [0.05, 0.1) is 0 Å². The molecule has 0 spiro atoms. The smallest absolute Gasteiger partial charge is 0.0185 e. The van der Waals surface area contributed by atoms with Crippen LogP contribution < -0.4 is 0 Å². The lowest BCUT2D eigenvalue weighted by Gasteiger charge is -2.26. The topological polar surface area (TPSA) is 0 Å². The zero-order chi connectivity index (χ0) is 12.1. The Kier molecular flexibility index (Phi) is 4.79. The summed E-state index contributed by atoms with van der Waals surface area (Å²) in [7, 11) is 0. The van der Waals surface area contributed by atoms with Gasteiger partial charge in [-0.2, -0.15) is 0 Å². The van der Waals surface area contributed by atoms with E-state index in [0.717, 1.165) is 0 Å². The molecular formula is C16H24. The van der Waals surface area contributed by atoms with E-state index in [1.807, 2.05) is 0 Å². The minimum atomic E-state index is 0.634. The van der Waals surface area contributed by atoms with Gasteiger partial charge in [0.25, 0.3) is 0 Å². The third-order valence-corrected chi connectivity index (χ3v) is 3.21. The first-order chi connectivity index (χ1) is 7.61. The summed E-state index contributed by atoms with van der Waals surface area (Å²) in [6, 6.07) is 0. The fraction of sp³-hybridized carbons (Fsp3) is 0.500. The molecule has 0 nitrogen and oxygen atoms in total. The molecule has 16 heavy (non-hydrogen) atoms. The van der Waals surface area contributed by atoms with Gasteiger partial charge in [-0.1, -0.05) is 56.7 Å². The molecule has 0 heteroatoms. The Morgan fingerprint density at radius 2 is 2.06 bits per heavy atom. The van der Waals surface area contributed by atoms with Crippen LogP contribution in [0.4, 0.5) is 0 Å². The molecule has 0 saturated carbocycles. The van der Waals surface area contributed by atoms with Crippen LogP contribution in [0.25, 0.3) is 0 Å². The van der Waals surface area contributed by atoms with Gasteiger partial charge in [0, 0.05) is 0 Å². The SMILES string of the molecule is C/C=C\C(=C/C)C1=C(C(C)C)C(C)CC=C1. The molecule has 0 heterocycles. The average molecular weight is 216 g/mol. The lowest BCUT2D eigenvalue weighted by Crippen LogP contribution is -2.12. The highest BCUT2D eigenvalue weighted by molar-refractivity contribution is 5.51. The molecule has 0 bridgehead atoms. The van der Waals surface area contributed by atoms with E-state index in [9.17, 15) is 0 Å².